The van der Waals surface area contributed by atoms with Crippen molar-refractivity contribution in [2.24, 2.45) is 0 Å². The Kier molecular flexibility index (Phi) is 5.98. The van der Waals surface area contributed by atoms with Gasteiger partial charge in [-0.15, -0.1) is 0 Å². The summed E-state index contributed by atoms with van der Waals surface area (Å²) in [6.45, 7) is 2.14. The molecular weight excluding hydrogens is 294 g/mol. The molecule has 0 aliphatic heterocycles. The molecule has 7 nitrogen and oxygen atoms in total. The number of ether oxygens (including phenoxy) is 1. The number of hydrogen-bond acceptors (Lipinski definition) is 6. The number of hydrogen-bond donors (Lipinski definition) is 2. The summed E-state index contributed by atoms with van der Waals surface area (Å²) in [5.41, 5.74) is 6.88. The maximum Gasteiger partial charge on any atom is 0.340 e. The molecule has 1 aromatic rings. The van der Waals surface area contributed by atoms with Crippen LogP contribution in [0.5, 0.6) is 0 Å². The van der Waals surface area contributed by atoms with Crippen molar-refractivity contribution in [3.05, 3.63) is 23.8 Å². The van der Waals surface area contributed by atoms with Gasteiger partial charge in [0, 0.05) is 32.0 Å². The van der Waals surface area contributed by atoms with Crippen LogP contribution in [0.25, 0.3) is 0 Å². The van der Waals surface area contributed by atoms with Gasteiger partial charge in [-0.25, -0.2) is 17.5 Å². The molecule has 0 heterocycles. The van der Waals surface area contributed by atoms with Gasteiger partial charge in [0.2, 0.25) is 10.0 Å². The summed E-state index contributed by atoms with van der Waals surface area (Å²) in [7, 11) is -0.340. The van der Waals surface area contributed by atoms with Gasteiger partial charge < -0.3 is 15.8 Å². The molecule has 0 aliphatic rings. The summed E-state index contributed by atoms with van der Waals surface area (Å²) in [5, 5.41) is 2.93. The third-order valence-corrected chi connectivity index (χ3v) is 4.60. The number of benzene rings is 1. The standard InChI is InChI=1S/C13H21N3O4S/c1-4-20-13(17)11-9-10(14)5-6-12(11)15-7-8-21(18,19)16(2)3/h5-6,9,15H,4,7-8,14H2,1-3H3. The van der Waals surface area contributed by atoms with Crippen LogP contribution in [0.4, 0.5) is 11.4 Å². The SMILES string of the molecule is CCOC(=O)c1cc(N)ccc1NCCS(=O)(=O)N(C)C. The van der Waals surface area contributed by atoms with Gasteiger partial charge in [0.25, 0.3) is 0 Å². The van der Waals surface area contributed by atoms with Crippen molar-refractivity contribution >= 4 is 27.4 Å². The smallest absolute Gasteiger partial charge is 0.340 e. The quantitative estimate of drug-likeness (QED) is 0.568. The monoisotopic (exact) mass is 315 g/mol. The first-order valence-corrected chi connectivity index (χ1v) is 8.09. The maximum absolute atomic E-state index is 11.8. The maximum atomic E-state index is 11.8. The van der Waals surface area contributed by atoms with Crippen molar-refractivity contribution in [3.63, 3.8) is 0 Å². The zero-order valence-electron chi connectivity index (χ0n) is 12.4. The summed E-state index contributed by atoms with van der Waals surface area (Å²) in [4.78, 5) is 11.8. The summed E-state index contributed by atoms with van der Waals surface area (Å²) in [6.07, 6.45) is 0. The van der Waals surface area contributed by atoms with Gasteiger partial charge in [-0.1, -0.05) is 0 Å². The lowest BCUT2D eigenvalue weighted by atomic mass is 10.1. The number of nitrogens with one attached hydrogen (secondary N) is 1. The van der Waals surface area contributed by atoms with Crippen LogP contribution in [0.3, 0.4) is 0 Å². The Balaban J connectivity index is 2.82. The Bertz CT molecular complexity index is 599. The number of esters is 1. The topological polar surface area (TPSA) is 102 Å². The first-order valence-electron chi connectivity index (χ1n) is 6.48. The molecule has 0 aromatic heterocycles. The van der Waals surface area contributed by atoms with Gasteiger partial charge in [0.05, 0.1) is 17.9 Å². The van der Waals surface area contributed by atoms with E-state index in [0.717, 1.165) is 4.31 Å². The van der Waals surface area contributed by atoms with Gasteiger partial charge in [0.15, 0.2) is 0 Å². The second-order valence-electron chi connectivity index (χ2n) is 4.55. The fourth-order valence-corrected chi connectivity index (χ4v) is 2.32. The minimum absolute atomic E-state index is 0.0767. The minimum atomic E-state index is -3.29. The normalized spacial score (nSPS) is 11.4. The Morgan fingerprint density at radius 3 is 2.62 bits per heavy atom. The number of nitrogen functional groups attached to an aromatic ring is 1. The number of sulfonamides is 1. The van der Waals surface area contributed by atoms with E-state index in [9.17, 15) is 13.2 Å². The average Bonchev–Trinajstić information content (AvgIpc) is 2.40. The highest BCUT2D eigenvalue weighted by atomic mass is 32.2. The van der Waals surface area contributed by atoms with Crippen molar-refractivity contribution < 1.29 is 17.9 Å². The molecule has 1 aromatic carbocycles. The Morgan fingerprint density at radius 2 is 2.05 bits per heavy atom. The van der Waals surface area contributed by atoms with Crippen LogP contribution < -0.4 is 11.1 Å². The van der Waals surface area contributed by atoms with E-state index in [0.29, 0.717) is 16.9 Å². The van der Waals surface area contributed by atoms with Gasteiger partial charge >= 0.3 is 5.97 Å². The first kappa shape index (κ1) is 17.3. The molecule has 21 heavy (non-hydrogen) atoms. The lowest BCUT2D eigenvalue weighted by Crippen LogP contribution is -2.28. The predicted molar refractivity (Wildman–Crippen MR) is 82.8 cm³/mol. The number of carbonyl (C=O) groups excluding carboxylic acids is 1. The lowest BCUT2D eigenvalue weighted by Gasteiger charge is -2.14. The largest absolute Gasteiger partial charge is 0.462 e. The number of anilines is 2. The van der Waals surface area contributed by atoms with E-state index in [4.69, 9.17) is 10.5 Å². The molecule has 0 saturated carbocycles. The van der Waals surface area contributed by atoms with Gasteiger partial charge in [-0.05, 0) is 25.1 Å². The summed E-state index contributed by atoms with van der Waals surface area (Å²) >= 11 is 0. The van der Waals surface area contributed by atoms with Crippen LogP contribution in [0.15, 0.2) is 18.2 Å². The zero-order chi connectivity index (χ0) is 16.0. The number of nitrogens with two attached hydrogens (primary N) is 1. The van der Waals surface area contributed by atoms with E-state index in [1.807, 2.05) is 0 Å². The summed E-state index contributed by atoms with van der Waals surface area (Å²) in [6, 6.07) is 4.76. The van der Waals surface area contributed by atoms with E-state index in [-0.39, 0.29) is 18.9 Å². The zero-order valence-corrected chi connectivity index (χ0v) is 13.2. The number of rotatable bonds is 7. The molecule has 3 N–H and O–H groups in total. The van der Waals surface area contributed by atoms with Crippen LogP contribution >= 0.6 is 0 Å². The lowest BCUT2D eigenvalue weighted by molar-refractivity contribution is 0.0527. The Labute approximate surface area is 125 Å². The predicted octanol–water partition coefficient (Wildman–Crippen LogP) is 0.749. The molecule has 0 bridgehead atoms. The van der Waals surface area contributed by atoms with Crippen LogP contribution in [0.1, 0.15) is 17.3 Å². The molecule has 1 rings (SSSR count). The molecule has 0 fully saturated rings. The molecule has 118 valence electrons. The molecule has 0 amide bonds. The van der Waals surface area contributed by atoms with E-state index < -0.39 is 16.0 Å². The summed E-state index contributed by atoms with van der Waals surface area (Å²) in [5.74, 6) is -0.574. The third kappa shape index (κ3) is 4.91. The number of nitrogens with zero attached hydrogens (tertiary/aromatic N) is 1. The number of carbonyl (C=O) groups is 1. The third-order valence-electron chi connectivity index (χ3n) is 2.77. The van der Waals surface area contributed by atoms with E-state index in [1.54, 1.807) is 19.1 Å². The van der Waals surface area contributed by atoms with Gasteiger partial charge in [0.1, 0.15) is 0 Å². The van der Waals surface area contributed by atoms with Crippen LogP contribution in [-0.4, -0.2) is 51.7 Å². The van der Waals surface area contributed by atoms with Crippen LogP contribution in [-0.2, 0) is 14.8 Å². The summed E-state index contributed by atoms with van der Waals surface area (Å²) < 4.78 is 29.4. The van der Waals surface area contributed by atoms with Crippen molar-refractivity contribution in [1.82, 2.24) is 4.31 Å². The van der Waals surface area contributed by atoms with Crippen molar-refractivity contribution in [1.29, 1.82) is 0 Å². The Morgan fingerprint density at radius 1 is 1.38 bits per heavy atom. The molecule has 0 aliphatic carbocycles. The van der Waals surface area contributed by atoms with E-state index in [2.05, 4.69) is 5.32 Å². The highest BCUT2D eigenvalue weighted by Crippen LogP contribution is 2.20. The first-order chi connectivity index (χ1) is 9.77. The van der Waals surface area contributed by atoms with Gasteiger partial charge in [-0.2, -0.15) is 0 Å². The molecular formula is C13H21N3O4S. The van der Waals surface area contributed by atoms with E-state index in [1.165, 1.54) is 20.2 Å². The highest BCUT2D eigenvalue weighted by molar-refractivity contribution is 7.89. The van der Waals surface area contributed by atoms with Crippen LogP contribution in [0.2, 0.25) is 0 Å². The Hall–Kier alpha value is -1.80. The van der Waals surface area contributed by atoms with E-state index >= 15 is 0 Å². The molecule has 0 radical (unpaired) electrons. The van der Waals surface area contributed by atoms with Crippen molar-refractivity contribution in [2.45, 2.75) is 6.92 Å². The minimum Gasteiger partial charge on any atom is -0.462 e. The molecule has 8 heteroatoms. The molecule has 0 atom stereocenters. The average molecular weight is 315 g/mol. The van der Waals surface area contributed by atoms with Gasteiger partial charge in [-0.3, -0.25) is 0 Å². The molecule has 0 unspecified atom stereocenters. The fraction of sp³-hybridized carbons (Fsp3) is 0.462. The second-order valence-corrected chi connectivity index (χ2v) is 6.85. The van der Waals surface area contributed by atoms with Crippen molar-refractivity contribution in [3.8, 4) is 0 Å². The highest BCUT2D eigenvalue weighted by Gasteiger charge is 2.16. The van der Waals surface area contributed by atoms with Crippen molar-refractivity contribution in [2.75, 3.05) is 44.1 Å². The second kappa shape index (κ2) is 7.28. The fourth-order valence-electron chi connectivity index (χ4n) is 1.59. The molecule has 0 spiro atoms. The molecule has 0 saturated heterocycles. The van der Waals surface area contributed by atoms with Crippen LogP contribution in [0, 0.1) is 0 Å².